The largest absolute Gasteiger partial charge is 0.465 e. The van der Waals surface area contributed by atoms with Gasteiger partial charge in [-0.25, -0.2) is 4.39 Å². The van der Waals surface area contributed by atoms with Gasteiger partial charge in [0.2, 0.25) is 0 Å². The van der Waals surface area contributed by atoms with E-state index in [4.69, 9.17) is 4.74 Å². The Balaban J connectivity index is 1.74. The SMILES string of the molecule is O=C(Cc1ccccc1)OCC/C(F)=C/c1ccccc1. The monoisotopic (exact) mass is 284 g/mol. The Bertz CT molecular complexity index is 591. The Hall–Kier alpha value is -2.42. The maximum Gasteiger partial charge on any atom is 0.310 e. The second kappa shape index (κ2) is 8.00. The number of carbonyl (C=O) groups excluding carboxylic acids is 1. The molecule has 0 saturated heterocycles. The summed E-state index contributed by atoms with van der Waals surface area (Å²) in [6, 6.07) is 18.5. The smallest absolute Gasteiger partial charge is 0.310 e. The molecule has 108 valence electrons. The van der Waals surface area contributed by atoms with E-state index < -0.39 is 0 Å². The normalized spacial score (nSPS) is 11.2. The molecule has 3 heteroatoms. The molecule has 21 heavy (non-hydrogen) atoms. The highest BCUT2D eigenvalue weighted by Crippen LogP contribution is 2.11. The second-order valence-corrected chi connectivity index (χ2v) is 4.63. The van der Waals surface area contributed by atoms with Gasteiger partial charge in [-0.15, -0.1) is 0 Å². The molecule has 0 amide bonds. The average Bonchev–Trinajstić information content (AvgIpc) is 2.49. The summed E-state index contributed by atoms with van der Waals surface area (Å²) in [5.41, 5.74) is 1.69. The van der Waals surface area contributed by atoms with Crippen LogP contribution in [0.25, 0.3) is 6.08 Å². The topological polar surface area (TPSA) is 26.3 Å². The van der Waals surface area contributed by atoms with Crippen LogP contribution in [0.15, 0.2) is 66.5 Å². The molecular weight excluding hydrogens is 267 g/mol. The van der Waals surface area contributed by atoms with E-state index >= 15 is 0 Å². The van der Waals surface area contributed by atoms with Crippen molar-refractivity contribution in [2.24, 2.45) is 0 Å². The lowest BCUT2D eigenvalue weighted by Gasteiger charge is -2.04. The molecule has 0 aliphatic carbocycles. The van der Waals surface area contributed by atoms with Crippen LogP contribution in [-0.4, -0.2) is 12.6 Å². The van der Waals surface area contributed by atoms with Gasteiger partial charge in [-0.2, -0.15) is 0 Å². The van der Waals surface area contributed by atoms with Crippen molar-refractivity contribution in [3.8, 4) is 0 Å². The zero-order chi connectivity index (χ0) is 14.9. The van der Waals surface area contributed by atoms with Crippen molar-refractivity contribution in [1.29, 1.82) is 0 Å². The summed E-state index contributed by atoms with van der Waals surface area (Å²) in [5.74, 6) is -0.637. The summed E-state index contributed by atoms with van der Waals surface area (Å²) >= 11 is 0. The predicted molar refractivity (Wildman–Crippen MR) is 81.2 cm³/mol. The van der Waals surface area contributed by atoms with Crippen LogP contribution in [-0.2, 0) is 16.0 Å². The molecule has 2 aromatic carbocycles. The Kier molecular flexibility index (Phi) is 5.71. The van der Waals surface area contributed by atoms with Crippen LogP contribution in [0, 0.1) is 0 Å². The molecule has 0 spiro atoms. The van der Waals surface area contributed by atoms with Gasteiger partial charge >= 0.3 is 5.97 Å². The lowest BCUT2D eigenvalue weighted by atomic mass is 10.1. The van der Waals surface area contributed by atoms with Crippen molar-refractivity contribution in [3.05, 3.63) is 77.6 Å². The number of ether oxygens (including phenoxy) is 1. The van der Waals surface area contributed by atoms with Crippen LogP contribution in [0.1, 0.15) is 17.5 Å². The first kappa shape index (κ1) is 15.0. The zero-order valence-electron chi connectivity index (χ0n) is 11.7. The molecule has 0 aliphatic heterocycles. The van der Waals surface area contributed by atoms with Gasteiger partial charge in [-0.1, -0.05) is 60.7 Å². The van der Waals surface area contributed by atoms with Crippen LogP contribution in [0.4, 0.5) is 4.39 Å². The molecule has 0 unspecified atom stereocenters. The molecule has 2 aromatic rings. The van der Waals surface area contributed by atoms with E-state index in [-0.39, 0.29) is 31.2 Å². The fraction of sp³-hybridized carbons (Fsp3) is 0.167. The molecule has 2 rings (SSSR count). The van der Waals surface area contributed by atoms with Crippen molar-refractivity contribution in [2.75, 3.05) is 6.61 Å². The third-order valence-corrected chi connectivity index (χ3v) is 2.92. The third-order valence-electron chi connectivity index (χ3n) is 2.92. The first-order valence-corrected chi connectivity index (χ1v) is 6.85. The molecule has 0 bridgehead atoms. The second-order valence-electron chi connectivity index (χ2n) is 4.63. The molecule has 0 N–H and O–H groups in total. The highest BCUT2D eigenvalue weighted by atomic mass is 19.1. The number of halogens is 1. The minimum atomic E-state index is -0.339. The number of rotatable bonds is 6. The fourth-order valence-corrected chi connectivity index (χ4v) is 1.88. The number of hydrogen-bond donors (Lipinski definition) is 0. The van der Waals surface area contributed by atoms with Crippen LogP contribution in [0.5, 0.6) is 0 Å². The maximum atomic E-state index is 13.6. The van der Waals surface area contributed by atoms with E-state index in [1.165, 1.54) is 6.08 Å². The fourth-order valence-electron chi connectivity index (χ4n) is 1.88. The van der Waals surface area contributed by atoms with E-state index in [0.717, 1.165) is 11.1 Å². The van der Waals surface area contributed by atoms with Gasteiger partial charge in [0.05, 0.1) is 13.0 Å². The minimum absolute atomic E-state index is 0.0564. The molecule has 0 heterocycles. The predicted octanol–water partition coefficient (Wildman–Crippen LogP) is 4.17. The molecule has 0 fully saturated rings. The summed E-state index contributed by atoms with van der Waals surface area (Å²) in [5, 5.41) is 0. The molecule has 0 radical (unpaired) electrons. The highest BCUT2D eigenvalue weighted by Gasteiger charge is 2.05. The lowest BCUT2D eigenvalue weighted by molar-refractivity contribution is -0.142. The van der Waals surface area contributed by atoms with Crippen LogP contribution in [0.2, 0.25) is 0 Å². The first-order chi connectivity index (χ1) is 10.2. The quantitative estimate of drug-likeness (QED) is 0.744. The molecule has 0 atom stereocenters. The van der Waals surface area contributed by atoms with Crippen molar-refractivity contribution in [3.63, 3.8) is 0 Å². The van der Waals surface area contributed by atoms with Crippen molar-refractivity contribution in [1.82, 2.24) is 0 Å². The Morgan fingerprint density at radius 2 is 1.62 bits per heavy atom. The van der Waals surface area contributed by atoms with Gasteiger partial charge in [-0.3, -0.25) is 4.79 Å². The van der Waals surface area contributed by atoms with E-state index in [1.54, 1.807) is 0 Å². The van der Waals surface area contributed by atoms with Gasteiger partial charge in [0.25, 0.3) is 0 Å². The van der Waals surface area contributed by atoms with E-state index in [1.807, 2.05) is 60.7 Å². The number of hydrogen-bond acceptors (Lipinski definition) is 2. The number of esters is 1. The Morgan fingerprint density at radius 3 is 2.29 bits per heavy atom. The number of benzene rings is 2. The van der Waals surface area contributed by atoms with E-state index in [9.17, 15) is 9.18 Å². The average molecular weight is 284 g/mol. The van der Waals surface area contributed by atoms with E-state index in [0.29, 0.717) is 0 Å². The zero-order valence-corrected chi connectivity index (χ0v) is 11.7. The Labute approximate surface area is 123 Å². The maximum absolute atomic E-state index is 13.6. The Morgan fingerprint density at radius 1 is 1.00 bits per heavy atom. The van der Waals surface area contributed by atoms with Crippen molar-refractivity contribution in [2.45, 2.75) is 12.8 Å². The van der Waals surface area contributed by atoms with Gasteiger partial charge in [0, 0.05) is 6.42 Å². The standard InChI is InChI=1S/C18H17FO2/c19-17(13-15-7-3-1-4-8-15)11-12-21-18(20)14-16-9-5-2-6-10-16/h1-10,13H,11-12,14H2/b17-13-. The van der Waals surface area contributed by atoms with Gasteiger partial charge in [0.15, 0.2) is 0 Å². The highest BCUT2D eigenvalue weighted by molar-refractivity contribution is 5.72. The lowest BCUT2D eigenvalue weighted by Crippen LogP contribution is -2.09. The van der Waals surface area contributed by atoms with Gasteiger partial charge in [-0.05, 0) is 17.2 Å². The molecular formula is C18H17FO2. The van der Waals surface area contributed by atoms with Crippen molar-refractivity contribution >= 4 is 12.0 Å². The summed E-state index contributed by atoms with van der Waals surface area (Å²) in [4.78, 5) is 11.6. The summed E-state index contributed by atoms with van der Waals surface area (Å²) in [7, 11) is 0. The molecule has 0 aromatic heterocycles. The van der Waals surface area contributed by atoms with Crippen molar-refractivity contribution < 1.29 is 13.9 Å². The van der Waals surface area contributed by atoms with Gasteiger partial charge in [0.1, 0.15) is 5.83 Å². The molecule has 0 saturated carbocycles. The summed E-state index contributed by atoms with van der Waals surface area (Å²) in [6.07, 6.45) is 1.76. The summed E-state index contributed by atoms with van der Waals surface area (Å²) < 4.78 is 18.7. The third kappa shape index (κ3) is 5.61. The van der Waals surface area contributed by atoms with Crippen LogP contribution in [0.3, 0.4) is 0 Å². The van der Waals surface area contributed by atoms with E-state index in [2.05, 4.69) is 0 Å². The molecule has 2 nitrogen and oxygen atoms in total. The molecule has 0 aliphatic rings. The summed E-state index contributed by atoms with van der Waals surface area (Å²) in [6.45, 7) is 0.0564. The minimum Gasteiger partial charge on any atom is -0.465 e. The van der Waals surface area contributed by atoms with Crippen LogP contribution >= 0.6 is 0 Å². The first-order valence-electron chi connectivity index (χ1n) is 6.85. The number of carbonyl (C=O) groups is 1. The van der Waals surface area contributed by atoms with Gasteiger partial charge < -0.3 is 4.74 Å². The van der Waals surface area contributed by atoms with Crippen LogP contribution < -0.4 is 0 Å².